The van der Waals surface area contributed by atoms with E-state index in [1.165, 1.54) is 99.7 Å². The molecule has 0 N–H and O–H groups in total. The Hall–Kier alpha value is -7.65. The third kappa shape index (κ3) is 10.4. The van der Waals surface area contributed by atoms with E-state index in [1.807, 2.05) is 19.9 Å². The van der Waals surface area contributed by atoms with E-state index in [1.54, 1.807) is 0 Å². The lowest BCUT2D eigenvalue weighted by Gasteiger charge is -2.17. The number of aromatic nitrogens is 1. The maximum absolute atomic E-state index is 5.60. The largest absolute Gasteiger partial charge is 0.341 e. The lowest BCUT2D eigenvalue weighted by Crippen LogP contribution is -1.95. The van der Waals surface area contributed by atoms with Gasteiger partial charge in [-0.2, -0.15) is 0 Å². The standard InChI is InChI=1S/C49H47N.C14H13N.C2H6.C2H2/c1-9-12-16-41-33(6)31-48-44(18-14-20-47(41)48)37-23-21-35(22-24-37)42-29-30-45(49(50-8)34(42)7)38-27-25-36(26-28-38)43-17-13-19-46(39(43)11-3)40(15-10-2)32(4)5;1-2-15-13-9-5-3-7-11(13)12-8-4-6-10-14(12)15;2*1-2/h1,11,13-14,17-30H,3,8,10,12,15-16,31H2,2,4-7H3;3-10H,2H2,1H3;1-2H3;1-2H. The third-order valence-corrected chi connectivity index (χ3v) is 13.3. The second-order valence-electron chi connectivity index (χ2n) is 17.4. The average Bonchev–Trinajstić information content (AvgIpc) is 3.91. The molecule has 0 spiro atoms. The summed E-state index contributed by atoms with van der Waals surface area (Å²) in [5.41, 5.74) is 25.1. The molecule has 7 aromatic carbocycles. The molecule has 2 nitrogen and oxygen atoms in total. The lowest BCUT2D eigenvalue weighted by atomic mass is 9.87. The van der Waals surface area contributed by atoms with E-state index in [-0.39, 0.29) is 0 Å². The molecule has 0 radical (unpaired) electrons. The Kier molecular flexibility index (Phi) is 17.6. The lowest BCUT2D eigenvalue weighted by molar-refractivity contribution is 0.827. The van der Waals surface area contributed by atoms with Crippen LogP contribution in [0.3, 0.4) is 0 Å². The van der Waals surface area contributed by atoms with Crippen LogP contribution in [0.5, 0.6) is 0 Å². The van der Waals surface area contributed by atoms with Crippen LogP contribution in [0.1, 0.15) is 102 Å². The van der Waals surface area contributed by atoms with Crippen molar-refractivity contribution in [2.75, 3.05) is 0 Å². The molecule has 8 aromatic rings. The molecule has 1 aliphatic carbocycles. The normalized spacial score (nSPS) is 11.3. The van der Waals surface area contributed by atoms with Crippen LogP contribution in [-0.4, -0.2) is 11.3 Å². The summed E-state index contributed by atoms with van der Waals surface area (Å²) >= 11 is 0. The van der Waals surface area contributed by atoms with E-state index < -0.39 is 0 Å². The van der Waals surface area contributed by atoms with Crippen molar-refractivity contribution in [2.24, 2.45) is 4.99 Å². The second-order valence-corrected chi connectivity index (χ2v) is 17.4. The highest BCUT2D eigenvalue weighted by Gasteiger charge is 2.22. The van der Waals surface area contributed by atoms with Gasteiger partial charge in [-0.25, -0.2) is 0 Å². The van der Waals surface area contributed by atoms with E-state index >= 15 is 0 Å². The minimum Gasteiger partial charge on any atom is -0.341 e. The van der Waals surface area contributed by atoms with E-state index in [4.69, 9.17) is 6.42 Å². The third-order valence-electron chi connectivity index (χ3n) is 13.3. The second kappa shape index (κ2) is 23.9. The number of aliphatic imine (C=N–C) groups is 1. The van der Waals surface area contributed by atoms with E-state index in [2.05, 4.69) is 229 Å². The fraction of sp³-hybridized carbons (Fsp3) is 0.209. The van der Waals surface area contributed by atoms with Gasteiger partial charge in [-0.05, 0) is 151 Å². The van der Waals surface area contributed by atoms with Gasteiger partial charge in [0.25, 0.3) is 0 Å². The van der Waals surface area contributed by atoms with Crippen LogP contribution >= 0.6 is 0 Å². The minimum atomic E-state index is 0.776. The summed E-state index contributed by atoms with van der Waals surface area (Å²) in [6.07, 6.45) is 20.5. The molecule has 69 heavy (non-hydrogen) atoms. The number of allylic oxidation sites excluding steroid dienone is 4. The van der Waals surface area contributed by atoms with Crippen molar-refractivity contribution < 1.29 is 0 Å². The maximum Gasteiger partial charge on any atom is 0.0736 e. The van der Waals surface area contributed by atoms with Crippen LogP contribution in [0, 0.1) is 32.1 Å². The predicted octanol–water partition coefficient (Wildman–Crippen LogP) is 19.1. The highest BCUT2D eigenvalue weighted by atomic mass is 15.0. The summed E-state index contributed by atoms with van der Waals surface area (Å²) < 4.78 is 2.37. The summed E-state index contributed by atoms with van der Waals surface area (Å²) in [4.78, 5) is 4.56. The average molecular weight is 901 g/mol. The smallest absolute Gasteiger partial charge is 0.0736 e. The number of benzene rings is 7. The molecule has 0 unspecified atom stereocenters. The number of terminal acetylenes is 2. The Morgan fingerprint density at radius 1 is 0.652 bits per heavy atom. The molecular weight excluding hydrogens is 833 g/mol. The molecule has 0 bridgehead atoms. The number of aryl methyl sites for hydroxylation is 1. The topological polar surface area (TPSA) is 17.3 Å². The number of para-hydroxylation sites is 2. The minimum absolute atomic E-state index is 0.776. The quantitative estimate of drug-likeness (QED) is 0.0859. The molecule has 1 aliphatic rings. The predicted molar refractivity (Wildman–Crippen MR) is 306 cm³/mol. The van der Waals surface area contributed by atoms with E-state index in [9.17, 15) is 0 Å². The van der Waals surface area contributed by atoms with Gasteiger partial charge in [0.2, 0.25) is 0 Å². The van der Waals surface area contributed by atoms with Gasteiger partial charge >= 0.3 is 0 Å². The summed E-state index contributed by atoms with van der Waals surface area (Å²) in [5, 5.41) is 2.71. The SMILES string of the molecule is C#C.C#CCCC1=C(C)Cc2c1cccc2-c1ccc(-c2ccc(-c3ccc(-c4cccc(C(CCC)=C(C)C)c4C=C)cc3)c(N=C)c2C)cc1.CC.CCn1c2ccccc2c2ccccc21. The van der Waals surface area contributed by atoms with Crippen LogP contribution in [0.2, 0.25) is 0 Å². The first-order valence-corrected chi connectivity index (χ1v) is 24.5. The number of hydrogen-bond donors (Lipinski definition) is 0. The van der Waals surface area contributed by atoms with E-state index in [0.29, 0.717) is 0 Å². The zero-order valence-electron chi connectivity index (χ0n) is 42.2. The molecule has 0 atom stereocenters. The zero-order chi connectivity index (χ0) is 49.6. The van der Waals surface area contributed by atoms with Crippen LogP contribution in [-0.2, 0) is 13.0 Å². The number of hydrogen-bond acceptors (Lipinski definition) is 1. The van der Waals surface area contributed by atoms with Crippen molar-refractivity contribution in [1.29, 1.82) is 0 Å². The Balaban J connectivity index is 0.000000342. The molecule has 0 amide bonds. The Labute approximate surface area is 413 Å². The molecular formula is C67H68N2. The van der Waals surface area contributed by atoms with Crippen LogP contribution in [0.4, 0.5) is 5.69 Å². The summed E-state index contributed by atoms with van der Waals surface area (Å²) in [6.45, 7) is 26.5. The van der Waals surface area contributed by atoms with Crippen molar-refractivity contribution in [2.45, 2.75) is 94.0 Å². The Bertz CT molecular complexity index is 3170. The molecule has 1 heterocycles. The van der Waals surface area contributed by atoms with Gasteiger partial charge in [-0.3, -0.25) is 4.99 Å². The highest BCUT2D eigenvalue weighted by Crippen LogP contribution is 2.43. The van der Waals surface area contributed by atoms with Crippen LogP contribution < -0.4 is 0 Å². The highest BCUT2D eigenvalue weighted by molar-refractivity contribution is 6.08. The number of fused-ring (bicyclic) bond motifs is 4. The molecule has 0 saturated carbocycles. The summed E-state index contributed by atoms with van der Waals surface area (Å²) in [7, 11) is 0. The first-order valence-electron chi connectivity index (χ1n) is 24.5. The first-order chi connectivity index (χ1) is 33.7. The number of nitrogens with zero attached hydrogens (tertiary/aromatic N) is 2. The van der Waals surface area contributed by atoms with Crippen LogP contribution in [0.15, 0.2) is 168 Å². The Morgan fingerprint density at radius 3 is 1.70 bits per heavy atom. The Morgan fingerprint density at radius 2 is 1.16 bits per heavy atom. The fourth-order valence-electron chi connectivity index (χ4n) is 10.1. The van der Waals surface area contributed by atoms with Crippen molar-refractivity contribution in [3.63, 3.8) is 0 Å². The monoisotopic (exact) mass is 901 g/mol. The van der Waals surface area contributed by atoms with Gasteiger partial charge in [0.05, 0.1) is 5.69 Å². The molecule has 1 aromatic heterocycles. The van der Waals surface area contributed by atoms with Crippen molar-refractivity contribution in [3.8, 4) is 69.7 Å². The number of rotatable bonds is 12. The van der Waals surface area contributed by atoms with Gasteiger partial charge in [0, 0.05) is 40.3 Å². The molecule has 0 fully saturated rings. The molecule has 2 heteroatoms. The fourth-order valence-corrected chi connectivity index (χ4v) is 10.1. The van der Waals surface area contributed by atoms with E-state index in [0.717, 1.165) is 61.0 Å². The van der Waals surface area contributed by atoms with Gasteiger partial charge in [-0.15, -0.1) is 25.2 Å². The maximum atomic E-state index is 5.60. The van der Waals surface area contributed by atoms with Gasteiger partial charge < -0.3 is 4.57 Å². The molecule has 0 saturated heterocycles. The molecule has 0 aliphatic heterocycles. The summed E-state index contributed by atoms with van der Waals surface area (Å²) in [6, 6.07) is 52.7. The van der Waals surface area contributed by atoms with Crippen molar-refractivity contribution in [3.05, 3.63) is 191 Å². The van der Waals surface area contributed by atoms with Gasteiger partial charge in [0.15, 0.2) is 0 Å². The first kappa shape index (κ1) is 50.8. The summed E-state index contributed by atoms with van der Waals surface area (Å²) in [5.74, 6) is 2.81. The van der Waals surface area contributed by atoms with Gasteiger partial charge in [-0.1, -0.05) is 184 Å². The van der Waals surface area contributed by atoms with Crippen molar-refractivity contribution >= 4 is 51.4 Å². The van der Waals surface area contributed by atoms with Crippen LogP contribution in [0.25, 0.3) is 83.5 Å². The van der Waals surface area contributed by atoms with Gasteiger partial charge in [0.1, 0.15) is 0 Å². The molecule has 346 valence electrons. The zero-order valence-corrected chi connectivity index (χ0v) is 42.2. The van der Waals surface area contributed by atoms with Crippen molar-refractivity contribution in [1.82, 2.24) is 4.57 Å². The molecule has 9 rings (SSSR count).